The molecule has 140 heavy (non-hydrogen) atoms. The van der Waals surface area contributed by atoms with Crippen molar-refractivity contribution >= 4 is 70.8 Å². The first-order valence-corrected chi connectivity index (χ1v) is 47.4. The number of aliphatic hydroxyl groups excluding tert-OH is 3. The summed E-state index contributed by atoms with van der Waals surface area (Å²) in [5.74, 6) is -6.79. The van der Waals surface area contributed by atoms with Gasteiger partial charge in [-0.2, -0.15) is 0 Å². The van der Waals surface area contributed by atoms with Gasteiger partial charge in [0.15, 0.2) is 6.10 Å². The monoisotopic (exact) mass is 1970 g/mol. The van der Waals surface area contributed by atoms with Crippen molar-refractivity contribution in [3.63, 3.8) is 0 Å². The second-order valence-electron chi connectivity index (χ2n) is 35.6. The van der Waals surface area contributed by atoms with Crippen molar-refractivity contribution in [2.75, 3.05) is 196 Å². The molecule has 1 fully saturated rings. The maximum Gasteiger partial charge on any atom is 0.411 e. The molecule has 0 radical (unpaired) electrons. The second-order valence-corrected chi connectivity index (χ2v) is 35.6. The summed E-state index contributed by atoms with van der Waals surface area (Å²) < 4.78 is 84.6. The number of rotatable bonds is 67. The zero-order valence-electron chi connectivity index (χ0n) is 82.8. The second kappa shape index (κ2) is 61.9. The number of carbonyl (C=O) groups is 10. The number of unbranched alkanes of at least 4 members (excludes halogenated alkanes) is 1. The first-order chi connectivity index (χ1) is 67.1. The van der Waals surface area contributed by atoms with Crippen LogP contribution in [-0.4, -0.2) is 346 Å². The molecule has 42 nitrogen and oxygen atoms in total. The van der Waals surface area contributed by atoms with E-state index in [-0.39, 0.29) is 132 Å². The Labute approximate surface area is 818 Å². The average molecular weight is 1970 g/mol. The molecular formula is C98H146N12O30. The predicted octanol–water partition coefficient (Wildman–Crippen LogP) is 5.17. The predicted molar refractivity (Wildman–Crippen MR) is 513 cm³/mol. The fourth-order valence-electron chi connectivity index (χ4n) is 15.0. The quantitative estimate of drug-likeness (QED) is 0.0176. The van der Waals surface area contributed by atoms with Crippen LogP contribution in [0.25, 0.3) is 22.5 Å². The Bertz CT molecular complexity index is 4700. The highest BCUT2D eigenvalue weighted by Crippen LogP contribution is 2.43. The molecule has 1 saturated heterocycles. The minimum absolute atomic E-state index is 0.00934. The van der Waals surface area contributed by atoms with Crippen molar-refractivity contribution in [2.24, 2.45) is 11.3 Å². The van der Waals surface area contributed by atoms with E-state index in [1.807, 2.05) is 80.9 Å². The van der Waals surface area contributed by atoms with Gasteiger partial charge >= 0.3 is 18.0 Å². The molecule has 0 bridgehead atoms. The van der Waals surface area contributed by atoms with Gasteiger partial charge in [-0.05, 0) is 99.0 Å². The van der Waals surface area contributed by atoms with E-state index in [0.29, 0.717) is 148 Å². The maximum absolute atomic E-state index is 14.5. The molecule has 9 atom stereocenters. The summed E-state index contributed by atoms with van der Waals surface area (Å²) in [4.78, 5) is 139. The van der Waals surface area contributed by atoms with Crippen molar-refractivity contribution in [1.82, 2.24) is 51.8 Å². The minimum Gasteiger partial charge on any atom is -0.479 e. The van der Waals surface area contributed by atoms with Crippen molar-refractivity contribution in [3.05, 3.63) is 125 Å². The Morgan fingerprint density at radius 2 is 1.12 bits per heavy atom. The number of ether oxygens (including phenoxy) is 15. The number of fused-ring (bicyclic) bond motifs is 5. The van der Waals surface area contributed by atoms with Gasteiger partial charge in [-0.15, -0.1) is 5.10 Å². The third-order valence-electron chi connectivity index (χ3n) is 22.8. The number of para-hydroxylation sites is 1. The summed E-state index contributed by atoms with van der Waals surface area (Å²) in [5.41, 5.74) is 4.15. The van der Waals surface area contributed by atoms with Gasteiger partial charge in [0.25, 0.3) is 0 Å². The van der Waals surface area contributed by atoms with Crippen LogP contribution in [0.15, 0.2) is 103 Å². The molecule has 4 aromatic carbocycles. The topological polar surface area (TPSA) is 532 Å². The zero-order valence-corrected chi connectivity index (χ0v) is 82.8. The molecule has 0 spiro atoms. The van der Waals surface area contributed by atoms with Gasteiger partial charge in [0, 0.05) is 98.9 Å². The largest absolute Gasteiger partial charge is 0.479 e. The molecule has 9 unspecified atom stereocenters. The lowest BCUT2D eigenvalue weighted by atomic mass is 9.76. The molecule has 12 N–H and O–H groups in total. The highest BCUT2D eigenvalue weighted by molar-refractivity contribution is 6.00. The molecule has 5 aromatic rings. The van der Waals surface area contributed by atoms with Gasteiger partial charge in [-0.25, -0.2) is 19.1 Å². The number of anilines is 2. The Balaban J connectivity index is 0.894. The van der Waals surface area contributed by atoms with Crippen molar-refractivity contribution in [2.45, 2.75) is 194 Å². The molecule has 2 aliphatic heterocycles. The molecule has 2 aliphatic rings. The van der Waals surface area contributed by atoms with E-state index >= 15 is 0 Å². The normalized spacial score (nSPS) is 16.3. The van der Waals surface area contributed by atoms with Crippen LogP contribution in [-0.2, 0) is 135 Å². The number of hydrogen-bond acceptors (Lipinski definition) is 31. The Kier molecular flexibility index (Phi) is 51.5. The van der Waals surface area contributed by atoms with Crippen LogP contribution < -0.4 is 46.9 Å². The van der Waals surface area contributed by atoms with E-state index in [0.717, 1.165) is 22.4 Å². The molecule has 7 rings (SSSR count). The first kappa shape index (κ1) is 116. The van der Waals surface area contributed by atoms with Crippen LogP contribution >= 0.6 is 0 Å². The van der Waals surface area contributed by atoms with Crippen LogP contribution in [0.4, 0.5) is 16.2 Å². The lowest BCUT2D eigenvalue weighted by molar-refractivity contribution is -0.271. The Morgan fingerprint density at radius 3 is 1.66 bits per heavy atom. The standard InChI is InChI=1S/C98H146N12O30/c1-64(2)76(57-66(5)93(121)122)108(12)92(120)89(97(6,7)8)105-91(119)88(99-11)98(9,10)70-22-20-23-71(59-70)103-96(125)138-63-67-29-30-77(139-95-86(117)84(115)85(116)87(140-95)94(123)124)69(58-67)60-101-78(111)31-33-100-90(118)74(104-80(113)27-18-19-28-81(114)109-62-68-21-14-15-24-72(68)83-82(106-107-110(83)65(3)4)73-25-16-17-26-75(73)109)61-102-79(112)32-34-127-37-38-129-41-42-131-45-46-133-49-50-135-53-54-137-56-55-136-52-51-134-48-47-132-44-43-130-40-39-128-36-35-126-13/h14-17,20-26,29-30,57-59,64-65,74,76,84-89,95,99,115-117H,18-19,27-28,31-56,60-63H2,1-13H3,(H,100,118)(H,101,111)(H,102,112)(H,103,125)(H,104,113)(H,105,119)(H,121,122)(H,123,124)/b66-57+. The molecular weight excluding hydrogens is 1830 g/mol. The van der Waals surface area contributed by atoms with Gasteiger partial charge in [0.1, 0.15) is 48.4 Å². The molecule has 0 aliphatic carbocycles. The minimum atomic E-state index is -2.06. The molecule has 3 heterocycles. The van der Waals surface area contributed by atoms with E-state index in [9.17, 15) is 73.5 Å². The van der Waals surface area contributed by atoms with Crippen LogP contribution in [0.3, 0.4) is 0 Å². The number of benzene rings is 4. The SMILES string of the molecule is CNC(C(=O)NC(C(=O)N(C)C(/C=C(\C)C(=O)O)C(C)C)C(C)(C)C)C(C)(C)c1cccc(NC(=O)OCc2ccc(OC3OC(C(=O)O)C(O)C(O)C3O)c(CNC(=O)CCNC(=O)C(CNC(=O)CCOCCOCCOCCOCCOCCOCCOCCOCCOCCOCCOCCOC)NC(=O)CCCCC(=O)N3Cc4ccccc4-c4c(nnn4C(C)C)-c4ccccc43)c2)c1. The third kappa shape index (κ3) is 39.0. The average Bonchev–Trinajstić information content (AvgIpc) is 1.57. The highest BCUT2D eigenvalue weighted by atomic mass is 16.7. The van der Waals surface area contributed by atoms with E-state index in [4.69, 9.17) is 71.1 Å². The fraction of sp³-hybridized carbons (Fsp3) is 0.612. The van der Waals surface area contributed by atoms with E-state index in [1.165, 1.54) is 36.1 Å². The Hall–Kier alpha value is -10.6. The summed E-state index contributed by atoms with van der Waals surface area (Å²) in [7, 11) is 4.79. The Morgan fingerprint density at radius 1 is 0.579 bits per heavy atom. The molecule has 42 heteroatoms. The smallest absolute Gasteiger partial charge is 0.411 e. The zero-order chi connectivity index (χ0) is 102. The number of hydrogen-bond donors (Lipinski definition) is 12. The number of carboxylic acid groups (broad SMARTS) is 2. The number of nitrogens with one attached hydrogen (secondary N) is 7. The van der Waals surface area contributed by atoms with Gasteiger partial charge < -0.3 is 138 Å². The number of methoxy groups -OCH3 is 1. The van der Waals surface area contributed by atoms with Crippen LogP contribution in [0, 0.1) is 11.3 Å². The van der Waals surface area contributed by atoms with Crippen molar-refractivity contribution < 1.29 is 145 Å². The lowest BCUT2D eigenvalue weighted by Crippen LogP contribution is -2.61. The maximum atomic E-state index is 14.5. The molecule has 778 valence electrons. The first-order valence-electron chi connectivity index (χ1n) is 47.4. The summed E-state index contributed by atoms with van der Waals surface area (Å²) in [6.07, 6.45) is -9.52. The highest BCUT2D eigenvalue weighted by Gasteiger charge is 2.49. The van der Waals surface area contributed by atoms with Gasteiger partial charge in [-0.1, -0.05) is 120 Å². The molecule has 1 aromatic heterocycles. The number of aromatic nitrogens is 3. The number of carboxylic acids is 2. The summed E-state index contributed by atoms with van der Waals surface area (Å²) in [6.45, 7) is 25.9. The number of amides is 8. The number of nitrogens with zero attached hydrogens (tertiary/aromatic N) is 5. The summed E-state index contributed by atoms with van der Waals surface area (Å²) in [6, 6.07) is 22.2. The van der Waals surface area contributed by atoms with E-state index in [2.05, 4.69) is 47.5 Å². The van der Waals surface area contributed by atoms with Gasteiger partial charge in [-0.3, -0.25) is 38.9 Å². The van der Waals surface area contributed by atoms with Gasteiger partial charge in [0.2, 0.25) is 47.6 Å². The summed E-state index contributed by atoms with van der Waals surface area (Å²) in [5, 5.41) is 80.3. The summed E-state index contributed by atoms with van der Waals surface area (Å²) >= 11 is 0. The van der Waals surface area contributed by atoms with E-state index < -0.39 is 126 Å². The van der Waals surface area contributed by atoms with E-state index in [1.54, 1.807) is 85.0 Å². The molecule has 8 amide bonds. The number of likely N-dealkylation sites (N-methyl/N-ethyl adjacent to an activating group) is 2. The van der Waals surface area contributed by atoms with Gasteiger partial charge in [0.05, 0.1) is 182 Å². The molecule has 0 saturated carbocycles. The lowest BCUT2D eigenvalue weighted by Gasteiger charge is -2.40. The number of carbonyl (C=O) groups excluding carboxylic acids is 8. The third-order valence-corrected chi connectivity index (χ3v) is 22.8. The van der Waals surface area contributed by atoms with Crippen LogP contribution in [0.1, 0.15) is 136 Å². The number of aliphatic carboxylic acids is 2. The van der Waals surface area contributed by atoms with Crippen LogP contribution in [0.2, 0.25) is 0 Å². The number of aliphatic hydroxyl groups is 3. The fourth-order valence-corrected chi connectivity index (χ4v) is 15.0. The van der Waals surface area contributed by atoms with Crippen LogP contribution in [0.5, 0.6) is 5.75 Å². The van der Waals surface area contributed by atoms with Crippen molar-refractivity contribution in [1.29, 1.82) is 0 Å². The van der Waals surface area contributed by atoms with Crippen molar-refractivity contribution in [3.8, 4) is 28.3 Å².